The van der Waals surface area contributed by atoms with Gasteiger partial charge in [-0.2, -0.15) is 0 Å². The van der Waals surface area contributed by atoms with Crippen molar-refractivity contribution in [1.82, 2.24) is 5.32 Å². The van der Waals surface area contributed by atoms with Crippen molar-refractivity contribution in [3.8, 4) is 0 Å². The van der Waals surface area contributed by atoms with E-state index >= 15 is 0 Å². The molecule has 96 valence electrons. The van der Waals surface area contributed by atoms with Gasteiger partial charge in [0.15, 0.2) is 0 Å². The van der Waals surface area contributed by atoms with Crippen LogP contribution in [-0.4, -0.2) is 23.5 Å². The standard InChI is InChI=1S/C13H14BrNO3/c1-9(16)15-7-3-2-4-10-5-6-11(14)8-12(10)13(17)18/h2,4-6,8H,3,7H2,1H3,(H,15,16)(H,17,18). The van der Waals surface area contributed by atoms with Gasteiger partial charge in [-0.25, -0.2) is 4.79 Å². The number of amides is 1. The maximum Gasteiger partial charge on any atom is 0.336 e. The van der Waals surface area contributed by atoms with Crippen molar-refractivity contribution in [2.75, 3.05) is 6.54 Å². The molecule has 5 heteroatoms. The van der Waals surface area contributed by atoms with Gasteiger partial charge in [0, 0.05) is 17.9 Å². The number of hydrogen-bond acceptors (Lipinski definition) is 2. The molecular weight excluding hydrogens is 298 g/mol. The van der Waals surface area contributed by atoms with Gasteiger partial charge in [-0.1, -0.05) is 34.1 Å². The molecule has 0 bridgehead atoms. The Labute approximate surface area is 114 Å². The summed E-state index contributed by atoms with van der Waals surface area (Å²) in [5, 5.41) is 11.7. The van der Waals surface area contributed by atoms with Crippen LogP contribution in [0.3, 0.4) is 0 Å². The van der Waals surface area contributed by atoms with Crippen LogP contribution in [0.5, 0.6) is 0 Å². The SMILES string of the molecule is CC(=O)NCCC=Cc1ccc(Br)cc1C(=O)O. The van der Waals surface area contributed by atoms with E-state index in [2.05, 4.69) is 21.2 Å². The van der Waals surface area contributed by atoms with Crippen LogP contribution in [0.4, 0.5) is 0 Å². The largest absolute Gasteiger partial charge is 0.478 e. The number of halogens is 1. The minimum Gasteiger partial charge on any atom is -0.478 e. The van der Waals surface area contributed by atoms with E-state index < -0.39 is 5.97 Å². The maximum absolute atomic E-state index is 11.0. The second-order valence-electron chi connectivity index (χ2n) is 3.71. The molecule has 1 amide bonds. The Morgan fingerprint density at radius 3 is 2.78 bits per heavy atom. The van der Waals surface area contributed by atoms with Gasteiger partial charge in [-0.05, 0) is 24.1 Å². The van der Waals surface area contributed by atoms with Gasteiger partial charge >= 0.3 is 5.97 Å². The number of aromatic carboxylic acids is 1. The van der Waals surface area contributed by atoms with E-state index in [9.17, 15) is 9.59 Å². The van der Waals surface area contributed by atoms with Crippen molar-refractivity contribution in [2.45, 2.75) is 13.3 Å². The van der Waals surface area contributed by atoms with Gasteiger partial charge in [-0.3, -0.25) is 4.79 Å². The average Bonchev–Trinajstić information content (AvgIpc) is 2.29. The number of carbonyl (C=O) groups excluding carboxylic acids is 1. The van der Waals surface area contributed by atoms with Gasteiger partial charge in [0.25, 0.3) is 0 Å². The first-order valence-electron chi connectivity index (χ1n) is 5.44. The number of carbonyl (C=O) groups is 2. The average molecular weight is 312 g/mol. The van der Waals surface area contributed by atoms with Crippen LogP contribution in [-0.2, 0) is 4.79 Å². The maximum atomic E-state index is 11.0. The number of hydrogen-bond donors (Lipinski definition) is 2. The van der Waals surface area contributed by atoms with E-state index in [1.165, 1.54) is 6.92 Å². The van der Waals surface area contributed by atoms with E-state index in [-0.39, 0.29) is 11.5 Å². The fourth-order valence-electron chi connectivity index (χ4n) is 1.40. The third-order valence-corrected chi connectivity index (χ3v) is 2.72. The Hall–Kier alpha value is -1.62. The summed E-state index contributed by atoms with van der Waals surface area (Å²) in [7, 11) is 0. The molecule has 0 heterocycles. The highest BCUT2D eigenvalue weighted by Crippen LogP contribution is 2.18. The molecule has 0 radical (unpaired) electrons. The first kappa shape index (κ1) is 14.4. The zero-order valence-corrected chi connectivity index (χ0v) is 11.5. The van der Waals surface area contributed by atoms with Gasteiger partial charge < -0.3 is 10.4 Å². The van der Waals surface area contributed by atoms with Crippen molar-refractivity contribution in [3.05, 3.63) is 39.9 Å². The highest BCUT2D eigenvalue weighted by molar-refractivity contribution is 9.10. The molecule has 1 aromatic carbocycles. The number of rotatable bonds is 5. The van der Waals surface area contributed by atoms with Crippen molar-refractivity contribution in [3.63, 3.8) is 0 Å². The number of carboxylic acid groups (broad SMARTS) is 1. The molecule has 0 spiro atoms. The van der Waals surface area contributed by atoms with Crippen LogP contribution in [0.1, 0.15) is 29.3 Å². The van der Waals surface area contributed by atoms with Crippen LogP contribution in [0.15, 0.2) is 28.7 Å². The smallest absolute Gasteiger partial charge is 0.336 e. The second kappa shape index (κ2) is 6.96. The lowest BCUT2D eigenvalue weighted by molar-refractivity contribution is -0.118. The summed E-state index contributed by atoms with van der Waals surface area (Å²) < 4.78 is 0.732. The minimum atomic E-state index is -0.960. The third kappa shape index (κ3) is 4.71. The molecule has 0 fully saturated rings. The zero-order chi connectivity index (χ0) is 13.5. The van der Waals surface area contributed by atoms with Gasteiger partial charge in [0.05, 0.1) is 5.56 Å². The van der Waals surface area contributed by atoms with Crippen LogP contribution < -0.4 is 5.32 Å². The molecule has 0 atom stereocenters. The zero-order valence-electron chi connectivity index (χ0n) is 9.94. The van der Waals surface area contributed by atoms with E-state index in [0.717, 1.165) is 4.47 Å². The highest BCUT2D eigenvalue weighted by atomic mass is 79.9. The van der Waals surface area contributed by atoms with E-state index in [0.29, 0.717) is 18.5 Å². The summed E-state index contributed by atoms with van der Waals surface area (Å²) in [6, 6.07) is 5.10. The molecule has 1 aromatic rings. The number of nitrogens with one attached hydrogen (secondary N) is 1. The van der Waals surface area contributed by atoms with Crippen molar-refractivity contribution in [1.29, 1.82) is 0 Å². The van der Waals surface area contributed by atoms with Crippen LogP contribution in [0.25, 0.3) is 6.08 Å². The lowest BCUT2D eigenvalue weighted by Crippen LogP contribution is -2.20. The van der Waals surface area contributed by atoms with E-state index in [4.69, 9.17) is 5.11 Å². The summed E-state index contributed by atoms with van der Waals surface area (Å²) >= 11 is 3.24. The highest BCUT2D eigenvalue weighted by Gasteiger charge is 2.07. The molecule has 18 heavy (non-hydrogen) atoms. The van der Waals surface area contributed by atoms with Gasteiger partial charge in [0.1, 0.15) is 0 Å². The Bertz CT molecular complexity index is 483. The summed E-state index contributed by atoms with van der Waals surface area (Å²) in [6.07, 6.45) is 4.25. The fourth-order valence-corrected chi connectivity index (χ4v) is 1.76. The van der Waals surface area contributed by atoms with Crippen LogP contribution in [0, 0.1) is 0 Å². The summed E-state index contributed by atoms with van der Waals surface area (Å²) in [6.45, 7) is 2.01. The summed E-state index contributed by atoms with van der Waals surface area (Å²) in [5.41, 5.74) is 0.897. The van der Waals surface area contributed by atoms with E-state index in [1.54, 1.807) is 24.3 Å². The summed E-state index contributed by atoms with van der Waals surface area (Å²) in [5.74, 6) is -1.03. The molecule has 0 saturated carbocycles. The molecule has 1 rings (SSSR count). The lowest BCUT2D eigenvalue weighted by Gasteiger charge is -2.02. The van der Waals surface area contributed by atoms with E-state index in [1.807, 2.05) is 6.08 Å². The molecule has 4 nitrogen and oxygen atoms in total. The monoisotopic (exact) mass is 311 g/mol. The Kier molecular flexibility index (Phi) is 5.58. The molecule has 0 aliphatic carbocycles. The number of benzene rings is 1. The van der Waals surface area contributed by atoms with Crippen molar-refractivity contribution < 1.29 is 14.7 Å². The molecule has 0 aliphatic heterocycles. The predicted molar refractivity (Wildman–Crippen MR) is 73.4 cm³/mol. The molecule has 0 saturated heterocycles. The first-order valence-corrected chi connectivity index (χ1v) is 6.24. The Morgan fingerprint density at radius 1 is 1.44 bits per heavy atom. The fraction of sp³-hybridized carbons (Fsp3) is 0.231. The van der Waals surface area contributed by atoms with Gasteiger partial charge in [0.2, 0.25) is 5.91 Å². The first-order chi connectivity index (χ1) is 8.50. The van der Waals surface area contributed by atoms with Crippen molar-refractivity contribution in [2.24, 2.45) is 0 Å². The predicted octanol–water partition coefficient (Wildman–Crippen LogP) is 2.69. The second-order valence-corrected chi connectivity index (χ2v) is 4.63. The quantitative estimate of drug-likeness (QED) is 0.822. The van der Waals surface area contributed by atoms with Crippen LogP contribution >= 0.6 is 15.9 Å². The van der Waals surface area contributed by atoms with Gasteiger partial charge in [-0.15, -0.1) is 0 Å². The summed E-state index contributed by atoms with van der Waals surface area (Å²) in [4.78, 5) is 21.7. The molecule has 0 aliphatic rings. The molecule has 2 N–H and O–H groups in total. The Morgan fingerprint density at radius 2 is 2.17 bits per heavy atom. The van der Waals surface area contributed by atoms with Crippen molar-refractivity contribution >= 4 is 33.9 Å². The molecular formula is C13H14BrNO3. The topological polar surface area (TPSA) is 66.4 Å². The molecule has 0 aromatic heterocycles. The Balaban J connectivity index is 2.69. The normalized spacial score (nSPS) is 10.6. The minimum absolute atomic E-state index is 0.0710. The number of carboxylic acids is 1. The molecule has 0 unspecified atom stereocenters. The van der Waals surface area contributed by atoms with Crippen LogP contribution in [0.2, 0.25) is 0 Å². The lowest BCUT2D eigenvalue weighted by atomic mass is 10.1. The third-order valence-electron chi connectivity index (χ3n) is 2.23.